The van der Waals surface area contributed by atoms with E-state index < -0.39 is 5.41 Å². The zero-order valence-electron chi connectivity index (χ0n) is 37.8. The Labute approximate surface area is 397 Å². The van der Waals surface area contributed by atoms with Crippen LogP contribution in [-0.4, -0.2) is 0 Å². The first-order chi connectivity index (χ1) is 33.1. The minimum atomic E-state index is -0.557. The standard InChI is InChI=1S/C65H54N2/c1-4-7-9-26-44-66(63(48(6-3)27-8-5-2)49-28-14-10-15-29-49)55-40-42-59-60-43-41-56(47-62(60)65(61(59)46-55,52-32-16-11-17-33-52)53-34-18-12-19-35-53)67(54-36-20-13-21-37-54)64-57-38-24-22-30-50(57)45-51-31-23-25-39-58(51)64/h4-34,36-44,46-47,50,53H,1-3,35,45H2. The number of para-hydroxylation sites is 1. The Morgan fingerprint density at radius 2 is 1.25 bits per heavy atom. The van der Waals surface area contributed by atoms with Gasteiger partial charge in [0, 0.05) is 34.7 Å². The van der Waals surface area contributed by atoms with E-state index in [0.29, 0.717) is 0 Å². The minimum Gasteiger partial charge on any atom is -0.316 e. The van der Waals surface area contributed by atoms with E-state index in [9.17, 15) is 0 Å². The molecule has 0 heterocycles. The molecule has 0 aromatic heterocycles. The van der Waals surface area contributed by atoms with Crippen molar-refractivity contribution in [2.45, 2.75) is 18.3 Å². The molecule has 6 aromatic carbocycles. The largest absolute Gasteiger partial charge is 0.316 e. The molecule has 0 fully saturated rings. The molecule has 0 spiro atoms. The second-order valence-electron chi connectivity index (χ2n) is 17.3. The van der Waals surface area contributed by atoms with E-state index >= 15 is 0 Å². The van der Waals surface area contributed by atoms with Crippen LogP contribution < -0.4 is 9.80 Å². The fourth-order valence-electron chi connectivity index (χ4n) is 10.7. The lowest BCUT2D eigenvalue weighted by Gasteiger charge is -2.41. The summed E-state index contributed by atoms with van der Waals surface area (Å²) in [4.78, 5) is 4.83. The molecule has 0 saturated heterocycles. The molecule has 6 aromatic rings. The van der Waals surface area contributed by atoms with Gasteiger partial charge < -0.3 is 9.80 Å². The molecule has 67 heavy (non-hydrogen) atoms. The minimum absolute atomic E-state index is 0.117. The zero-order chi connectivity index (χ0) is 45.6. The summed E-state index contributed by atoms with van der Waals surface area (Å²) >= 11 is 0. The number of hydrogen-bond acceptors (Lipinski definition) is 2. The highest BCUT2D eigenvalue weighted by atomic mass is 15.2. The van der Waals surface area contributed by atoms with E-state index in [1.54, 1.807) is 6.08 Å². The number of nitrogens with zero attached hydrogens (tertiary/aromatic N) is 2. The Hall–Kier alpha value is -8.20. The smallest absolute Gasteiger partial charge is 0.0599 e. The van der Waals surface area contributed by atoms with Crippen molar-refractivity contribution in [2.24, 2.45) is 11.8 Å². The highest BCUT2D eigenvalue weighted by molar-refractivity contribution is 5.96. The maximum absolute atomic E-state index is 4.32. The van der Waals surface area contributed by atoms with Gasteiger partial charge in [-0.3, -0.25) is 0 Å². The average molecular weight is 863 g/mol. The first-order valence-corrected chi connectivity index (χ1v) is 23.3. The van der Waals surface area contributed by atoms with E-state index in [-0.39, 0.29) is 11.8 Å². The van der Waals surface area contributed by atoms with Crippen molar-refractivity contribution in [3.8, 4) is 11.1 Å². The third-order valence-corrected chi connectivity index (χ3v) is 13.6. The Morgan fingerprint density at radius 3 is 1.97 bits per heavy atom. The number of anilines is 3. The monoisotopic (exact) mass is 862 g/mol. The lowest BCUT2D eigenvalue weighted by Crippen LogP contribution is -2.36. The molecule has 0 N–H and O–H groups in total. The van der Waals surface area contributed by atoms with Gasteiger partial charge in [-0.2, -0.15) is 0 Å². The summed E-state index contributed by atoms with van der Waals surface area (Å²) in [7, 11) is 0. The van der Waals surface area contributed by atoms with Gasteiger partial charge in [-0.25, -0.2) is 0 Å². The number of hydrogen-bond donors (Lipinski definition) is 0. The van der Waals surface area contributed by atoms with Crippen LogP contribution in [0.15, 0.2) is 286 Å². The van der Waals surface area contributed by atoms with Gasteiger partial charge in [0.1, 0.15) is 0 Å². The van der Waals surface area contributed by atoms with Crippen LogP contribution >= 0.6 is 0 Å². The number of rotatable bonds is 14. The molecule has 4 aliphatic carbocycles. The second kappa shape index (κ2) is 19.1. The normalized spacial score (nSPS) is 19.2. The molecular formula is C65H54N2. The van der Waals surface area contributed by atoms with Crippen molar-refractivity contribution in [3.05, 3.63) is 319 Å². The van der Waals surface area contributed by atoms with E-state index in [1.807, 2.05) is 30.4 Å². The highest BCUT2D eigenvalue weighted by Gasteiger charge is 2.50. The topological polar surface area (TPSA) is 6.48 Å². The molecular weight excluding hydrogens is 809 g/mol. The van der Waals surface area contributed by atoms with Crippen LogP contribution in [0.25, 0.3) is 22.5 Å². The first-order valence-electron chi connectivity index (χ1n) is 23.3. The maximum atomic E-state index is 4.32. The van der Waals surface area contributed by atoms with Gasteiger partial charge in [-0.15, -0.1) is 0 Å². The summed E-state index contributed by atoms with van der Waals surface area (Å²) in [6.45, 7) is 12.2. The predicted molar refractivity (Wildman–Crippen MR) is 286 cm³/mol. The zero-order valence-corrected chi connectivity index (χ0v) is 37.8. The van der Waals surface area contributed by atoms with Gasteiger partial charge in [-0.05, 0) is 111 Å². The number of allylic oxidation sites excluding steroid dienone is 18. The summed E-state index contributed by atoms with van der Waals surface area (Å²) in [6, 6.07) is 56.1. The Kier molecular flexibility index (Phi) is 12.2. The molecule has 0 saturated carbocycles. The lowest BCUT2D eigenvalue weighted by atomic mass is 9.62. The summed E-state index contributed by atoms with van der Waals surface area (Å²) in [5.74, 6) is 0.403. The SMILES string of the molecule is C=CC=CC=CN(C(=C(C=C)C=CC=C)c1ccccc1)c1ccc2c(c1)C(c1ccccc1)(C1C=CC=CC1)c1cc(N(C3=C4C=CC=CC4Cc4ccccc43)c3ccccc3)ccc1-2. The van der Waals surface area contributed by atoms with Gasteiger partial charge in [-0.1, -0.05) is 226 Å². The quantitative estimate of drug-likeness (QED) is 0.101. The van der Waals surface area contributed by atoms with E-state index in [4.69, 9.17) is 0 Å². The fourth-order valence-corrected chi connectivity index (χ4v) is 10.7. The predicted octanol–water partition coefficient (Wildman–Crippen LogP) is 16.4. The molecule has 2 nitrogen and oxygen atoms in total. The van der Waals surface area contributed by atoms with Crippen LogP contribution in [0.2, 0.25) is 0 Å². The number of benzene rings is 6. The molecule has 0 amide bonds. The van der Waals surface area contributed by atoms with Gasteiger partial charge in [0.05, 0.1) is 16.8 Å². The van der Waals surface area contributed by atoms with Crippen LogP contribution in [-0.2, 0) is 11.8 Å². The molecule has 3 unspecified atom stereocenters. The van der Waals surface area contributed by atoms with E-state index in [2.05, 4.69) is 248 Å². The van der Waals surface area contributed by atoms with Crippen molar-refractivity contribution >= 4 is 28.5 Å². The molecule has 0 radical (unpaired) electrons. The molecule has 324 valence electrons. The first kappa shape index (κ1) is 42.7. The molecule has 2 heteroatoms. The van der Waals surface area contributed by atoms with Gasteiger partial charge in [0.25, 0.3) is 0 Å². The van der Waals surface area contributed by atoms with Crippen LogP contribution in [0.3, 0.4) is 0 Å². The summed E-state index contributed by atoms with van der Waals surface area (Å²) in [5.41, 5.74) is 17.3. The third kappa shape index (κ3) is 7.81. The van der Waals surface area contributed by atoms with Crippen molar-refractivity contribution < 1.29 is 0 Å². The van der Waals surface area contributed by atoms with Crippen molar-refractivity contribution in [3.63, 3.8) is 0 Å². The van der Waals surface area contributed by atoms with E-state index in [0.717, 1.165) is 46.7 Å². The van der Waals surface area contributed by atoms with Crippen LogP contribution in [0.1, 0.15) is 39.8 Å². The Balaban J connectivity index is 1.25. The molecule has 4 aliphatic rings. The van der Waals surface area contributed by atoms with E-state index in [1.165, 1.54) is 50.2 Å². The summed E-state index contributed by atoms with van der Waals surface area (Å²) in [6.07, 6.45) is 38.0. The number of fused-ring (bicyclic) bond motifs is 5. The molecule has 0 bridgehead atoms. The van der Waals surface area contributed by atoms with Crippen LogP contribution in [0.5, 0.6) is 0 Å². The van der Waals surface area contributed by atoms with Gasteiger partial charge >= 0.3 is 0 Å². The van der Waals surface area contributed by atoms with Crippen molar-refractivity contribution in [2.75, 3.05) is 9.80 Å². The van der Waals surface area contributed by atoms with Crippen LogP contribution in [0, 0.1) is 11.8 Å². The molecule has 10 rings (SSSR count). The molecule has 0 aliphatic heterocycles. The van der Waals surface area contributed by atoms with Crippen molar-refractivity contribution in [1.29, 1.82) is 0 Å². The highest BCUT2D eigenvalue weighted by Crippen LogP contribution is 2.60. The lowest BCUT2D eigenvalue weighted by molar-refractivity contribution is 0.457. The van der Waals surface area contributed by atoms with Crippen LogP contribution in [0.4, 0.5) is 17.1 Å². The fraction of sp³-hybridized carbons (Fsp3) is 0.0769. The second-order valence-corrected chi connectivity index (χ2v) is 17.3. The molecule has 3 atom stereocenters. The summed E-state index contributed by atoms with van der Waals surface area (Å²) in [5, 5.41) is 0. The van der Waals surface area contributed by atoms with Crippen molar-refractivity contribution in [1.82, 2.24) is 0 Å². The Bertz CT molecular complexity index is 3130. The van der Waals surface area contributed by atoms with Gasteiger partial charge in [0.15, 0.2) is 0 Å². The summed E-state index contributed by atoms with van der Waals surface area (Å²) < 4.78 is 0. The maximum Gasteiger partial charge on any atom is 0.0599 e. The van der Waals surface area contributed by atoms with Gasteiger partial charge in [0.2, 0.25) is 0 Å². The Morgan fingerprint density at radius 1 is 0.582 bits per heavy atom. The third-order valence-electron chi connectivity index (χ3n) is 13.6. The average Bonchev–Trinajstić information content (AvgIpc) is 3.68.